The number of aryl methyl sites for hydroxylation is 1. The fraction of sp³-hybridized carbons (Fsp3) is 0.360. The van der Waals surface area contributed by atoms with Crippen molar-refractivity contribution in [3.05, 3.63) is 52.6 Å². The van der Waals surface area contributed by atoms with Gasteiger partial charge in [-0.1, -0.05) is 32.0 Å². The van der Waals surface area contributed by atoms with Crippen LogP contribution in [0.4, 0.5) is 18.9 Å². The van der Waals surface area contributed by atoms with E-state index < -0.39 is 23.5 Å². The Morgan fingerprint density at radius 1 is 1.21 bits per heavy atom. The third kappa shape index (κ3) is 5.05. The summed E-state index contributed by atoms with van der Waals surface area (Å²) in [5.74, 6) is -1.65. The van der Waals surface area contributed by atoms with Gasteiger partial charge in [0.05, 0.1) is 0 Å². The minimum Gasteiger partial charge on any atom is -0.478 e. The molecule has 3 rings (SSSR count). The van der Waals surface area contributed by atoms with Gasteiger partial charge in [-0.15, -0.1) is 13.2 Å². The third-order valence-corrected chi connectivity index (χ3v) is 5.82. The van der Waals surface area contributed by atoms with E-state index in [4.69, 9.17) is 5.11 Å². The molecule has 176 valence electrons. The molecule has 5 nitrogen and oxygen atoms in total. The van der Waals surface area contributed by atoms with Crippen LogP contribution in [-0.2, 0) is 15.0 Å². The average Bonchev–Trinajstić information content (AvgIpc) is 2.67. The van der Waals surface area contributed by atoms with E-state index in [0.29, 0.717) is 24.2 Å². The number of benzene rings is 2. The molecule has 1 heterocycles. The first-order valence-electron chi connectivity index (χ1n) is 10.5. The van der Waals surface area contributed by atoms with Gasteiger partial charge < -0.3 is 14.7 Å². The van der Waals surface area contributed by atoms with Gasteiger partial charge in [0, 0.05) is 35.2 Å². The molecule has 0 saturated heterocycles. The second-order valence-corrected chi connectivity index (χ2v) is 8.82. The minimum atomic E-state index is -4.94. The molecule has 0 unspecified atom stereocenters. The number of carbonyl (C=O) groups excluding carboxylic acids is 1. The van der Waals surface area contributed by atoms with Crippen molar-refractivity contribution in [2.45, 2.75) is 52.8 Å². The molecular weight excluding hydrogens is 435 g/mol. The lowest BCUT2D eigenvalue weighted by atomic mass is 9.75. The van der Waals surface area contributed by atoms with Gasteiger partial charge in [0.2, 0.25) is 5.91 Å². The van der Waals surface area contributed by atoms with E-state index in [1.807, 2.05) is 26.8 Å². The highest BCUT2D eigenvalue weighted by molar-refractivity contribution is 5.99. The Kier molecular flexibility index (Phi) is 6.33. The van der Waals surface area contributed by atoms with E-state index in [1.54, 1.807) is 17.9 Å². The zero-order chi connectivity index (χ0) is 24.7. The molecule has 33 heavy (non-hydrogen) atoms. The lowest BCUT2D eigenvalue weighted by Gasteiger charge is -2.39. The number of alkyl halides is 3. The molecular formula is C25H26F3NO4. The molecule has 0 spiro atoms. The lowest BCUT2D eigenvalue weighted by molar-refractivity contribution is -0.274. The number of anilines is 1. The van der Waals surface area contributed by atoms with E-state index in [9.17, 15) is 22.8 Å². The summed E-state index contributed by atoms with van der Waals surface area (Å²) in [5.41, 5.74) is 2.90. The van der Waals surface area contributed by atoms with Crippen LogP contribution in [-0.4, -0.2) is 29.9 Å². The summed E-state index contributed by atoms with van der Waals surface area (Å²) < 4.78 is 44.0. The number of halogens is 3. The van der Waals surface area contributed by atoms with Gasteiger partial charge in [-0.05, 0) is 61.2 Å². The second kappa shape index (κ2) is 8.57. The number of carboxylic acids is 1. The standard InChI is InChI=1S/C25H26F3NO4/c1-6-29-20-12-18(14(2)10-19(20)24(4,5)13-22(29)30)17-8-7-16(9-15(3)23(31)32)11-21(17)33-25(26,27)28/h7-12H,6,13H2,1-5H3,(H,31,32). The molecule has 1 amide bonds. The average molecular weight is 461 g/mol. The number of hydrogen-bond acceptors (Lipinski definition) is 3. The quantitative estimate of drug-likeness (QED) is 0.548. The van der Waals surface area contributed by atoms with E-state index in [-0.39, 0.29) is 22.6 Å². The van der Waals surface area contributed by atoms with Crippen LogP contribution in [0.3, 0.4) is 0 Å². The predicted octanol–water partition coefficient (Wildman–Crippen LogP) is 6.08. The topological polar surface area (TPSA) is 66.8 Å². The number of hydrogen-bond donors (Lipinski definition) is 1. The van der Waals surface area contributed by atoms with Crippen molar-refractivity contribution in [2.24, 2.45) is 0 Å². The Bertz CT molecular complexity index is 1150. The zero-order valence-electron chi connectivity index (χ0n) is 19.1. The van der Waals surface area contributed by atoms with Crippen molar-refractivity contribution >= 4 is 23.6 Å². The summed E-state index contributed by atoms with van der Waals surface area (Å²) in [5, 5.41) is 9.08. The van der Waals surface area contributed by atoms with Crippen molar-refractivity contribution in [1.82, 2.24) is 0 Å². The highest BCUT2D eigenvalue weighted by atomic mass is 19.4. The second-order valence-electron chi connectivity index (χ2n) is 8.82. The number of aliphatic carboxylic acids is 1. The molecule has 1 N–H and O–H groups in total. The van der Waals surface area contributed by atoms with Crippen LogP contribution in [0.2, 0.25) is 0 Å². The van der Waals surface area contributed by atoms with Crippen LogP contribution in [0.5, 0.6) is 5.75 Å². The van der Waals surface area contributed by atoms with Gasteiger partial charge in [0.1, 0.15) is 5.75 Å². The van der Waals surface area contributed by atoms with Crippen molar-refractivity contribution in [2.75, 3.05) is 11.4 Å². The Morgan fingerprint density at radius 3 is 2.45 bits per heavy atom. The summed E-state index contributed by atoms with van der Waals surface area (Å²) in [6.45, 7) is 9.39. The van der Waals surface area contributed by atoms with Gasteiger partial charge in [0.25, 0.3) is 0 Å². The Balaban J connectivity index is 2.23. The monoisotopic (exact) mass is 461 g/mol. The maximum absolute atomic E-state index is 13.2. The molecule has 0 atom stereocenters. The highest BCUT2D eigenvalue weighted by Gasteiger charge is 2.37. The Labute approximate surface area is 190 Å². The molecule has 0 saturated carbocycles. The van der Waals surface area contributed by atoms with Gasteiger partial charge in [0.15, 0.2) is 0 Å². The fourth-order valence-electron chi connectivity index (χ4n) is 4.17. The molecule has 8 heteroatoms. The first-order chi connectivity index (χ1) is 15.2. The van der Waals surface area contributed by atoms with Crippen LogP contribution in [0.15, 0.2) is 35.9 Å². The number of amides is 1. The van der Waals surface area contributed by atoms with Crippen LogP contribution in [0.25, 0.3) is 17.2 Å². The molecule has 0 aromatic heterocycles. The first-order valence-corrected chi connectivity index (χ1v) is 10.5. The van der Waals surface area contributed by atoms with Gasteiger partial charge in [-0.25, -0.2) is 4.79 Å². The van der Waals surface area contributed by atoms with Crippen molar-refractivity contribution in [3.8, 4) is 16.9 Å². The van der Waals surface area contributed by atoms with E-state index in [2.05, 4.69) is 4.74 Å². The molecule has 1 aliphatic heterocycles. The molecule has 2 aromatic rings. The van der Waals surface area contributed by atoms with Gasteiger partial charge >= 0.3 is 12.3 Å². The summed E-state index contributed by atoms with van der Waals surface area (Å²) in [4.78, 5) is 25.4. The number of rotatable bonds is 5. The molecule has 1 aliphatic rings. The number of carboxylic acid groups (broad SMARTS) is 1. The molecule has 0 bridgehead atoms. The summed E-state index contributed by atoms with van der Waals surface area (Å²) in [7, 11) is 0. The number of nitrogens with zero attached hydrogens (tertiary/aromatic N) is 1. The number of carbonyl (C=O) groups is 2. The van der Waals surface area contributed by atoms with Crippen molar-refractivity contribution in [1.29, 1.82) is 0 Å². The minimum absolute atomic E-state index is 0.0231. The van der Waals surface area contributed by atoms with Crippen LogP contribution in [0.1, 0.15) is 50.8 Å². The smallest absolute Gasteiger partial charge is 0.478 e. The molecule has 0 fully saturated rings. The maximum atomic E-state index is 13.2. The van der Waals surface area contributed by atoms with E-state index in [1.165, 1.54) is 31.2 Å². The SMILES string of the molecule is CCN1C(=O)CC(C)(C)c2cc(C)c(-c3ccc(C=C(C)C(=O)O)cc3OC(F)(F)F)cc21. The fourth-order valence-corrected chi connectivity index (χ4v) is 4.17. The maximum Gasteiger partial charge on any atom is 0.573 e. The molecule has 0 aliphatic carbocycles. The largest absolute Gasteiger partial charge is 0.573 e. The Morgan fingerprint density at radius 2 is 1.88 bits per heavy atom. The molecule has 0 radical (unpaired) electrons. The summed E-state index contributed by atoms with van der Waals surface area (Å²) in [6.07, 6.45) is -3.32. The highest BCUT2D eigenvalue weighted by Crippen LogP contribution is 2.45. The van der Waals surface area contributed by atoms with Gasteiger partial charge in [-0.2, -0.15) is 0 Å². The number of fused-ring (bicyclic) bond motifs is 1. The number of ether oxygens (including phenoxy) is 1. The zero-order valence-corrected chi connectivity index (χ0v) is 19.1. The van der Waals surface area contributed by atoms with Crippen molar-refractivity contribution < 1.29 is 32.6 Å². The predicted molar refractivity (Wildman–Crippen MR) is 120 cm³/mol. The van der Waals surface area contributed by atoms with E-state index in [0.717, 1.165) is 11.1 Å². The van der Waals surface area contributed by atoms with Gasteiger partial charge in [-0.3, -0.25) is 4.79 Å². The third-order valence-electron chi connectivity index (χ3n) is 5.82. The van der Waals surface area contributed by atoms with E-state index >= 15 is 0 Å². The normalized spacial score (nSPS) is 15.9. The van der Waals surface area contributed by atoms with Crippen molar-refractivity contribution in [3.63, 3.8) is 0 Å². The summed E-state index contributed by atoms with van der Waals surface area (Å²) in [6, 6.07) is 7.84. The lowest BCUT2D eigenvalue weighted by Crippen LogP contribution is -2.41. The Hall–Kier alpha value is -3.29. The van der Waals surface area contributed by atoms with Crippen LogP contribution in [0, 0.1) is 6.92 Å². The van der Waals surface area contributed by atoms with Crippen LogP contribution < -0.4 is 9.64 Å². The van der Waals surface area contributed by atoms with Crippen LogP contribution >= 0.6 is 0 Å². The molecule has 2 aromatic carbocycles. The summed E-state index contributed by atoms with van der Waals surface area (Å²) >= 11 is 0. The first kappa shape index (κ1) is 24.4.